The zero-order chi connectivity index (χ0) is 20.5. The van der Waals surface area contributed by atoms with Gasteiger partial charge >= 0.3 is 195 Å². The molecule has 4 aliphatic rings. The van der Waals surface area contributed by atoms with E-state index < -0.39 is 39.4 Å². The molecule has 0 aromatic rings. The largest absolute Gasteiger partial charge is 1.00 e. The Morgan fingerprint density at radius 2 is 1.06 bits per heavy atom. The summed E-state index contributed by atoms with van der Waals surface area (Å²) in [6.45, 7) is 9.78. The maximum Gasteiger partial charge on any atom is -1.00 e. The summed E-state index contributed by atoms with van der Waals surface area (Å²) in [5.74, 6) is 0. The minimum absolute atomic E-state index is 0. The molecule has 0 radical (unpaired) electrons. The van der Waals surface area contributed by atoms with Crippen LogP contribution in [0.1, 0.15) is 79.1 Å². The Morgan fingerprint density at radius 1 is 0.677 bits per heavy atom. The van der Waals surface area contributed by atoms with Gasteiger partial charge in [0.2, 0.25) is 0 Å². The Labute approximate surface area is 218 Å². The van der Waals surface area contributed by atoms with E-state index in [0.29, 0.717) is 0 Å². The van der Waals surface area contributed by atoms with Gasteiger partial charge in [0.05, 0.1) is 0 Å². The topological polar surface area (TPSA) is 0 Å². The Hall–Kier alpha value is 0.857. The SMILES string of the molecule is CCC[Si]1(C2=CCC(CC)=[C]2[Zr+2][C]2=C(CC)CC=C2[Si]2(CCC)CCC2)CCC1.[Cl-].[Cl-]. The van der Waals surface area contributed by atoms with Gasteiger partial charge in [0.15, 0.2) is 0 Å². The third-order valence-electron chi connectivity index (χ3n) is 8.68. The predicted molar refractivity (Wildman–Crippen MR) is 130 cm³/mol. The molecule has 172 valence electrons. The summed E-state index contributed by atoms with van der Waals surface area (Å²) in [6, 6.07) is 9.62. The zero-order valence-corrected chi connectivity index (χ0v) is 26.3. The molecule has 31 heavy (non-hydrogen) atoms. The standard InChI is InChI=1S/2C13H21Si.2ClH.Zr/c2*1-3-8-14(9-5-10-14)13-7-6-12(4-2)11-13;;;/h2*7H,3-6,8-10H2,1-2H3;2*1H;/q;;;;+2/p-2. The molecule has 2 saturated heterocycles. The van der Waals surface area contributed by atoms with Gasteiger partial charge in [-0.15, -0.1) is 0 Å². The van der Waals surface area contributed by atoms with Crippen LogP contribution in [0.2, 0.25) is 36.3 Å². The fourth-order valence-corrected chi connectivity index (χ4v) is 24.9. The van der Waals surface area contributed by atoms with E-state index in [0.717, 1.165) is 0 Å². The average molecular weight is 573 g/mol. The molecule has 0 saturated carbocycles. The van der Waals surface area contributed by atoms with E-state index in [1.807, 2.05) is 28.1 Å². The molecule has 2 aliphatic carbocycles. The van der Waals surface area contributed by atoms with Gasteiger partial charge in [-0.2, -0.15) is 0 Å². The van der Waals surface area contributed by atoms with Crippen LogP contribution >= 0.6 is 0 Å². The van der Waals surface area contributed by atoms with E-state index in [9.17, 15) is 0 Å². The Morgan fingerprint density at radius 3 is 1.32 bits per heavy atom. The molecular weight excluding hydrogens is 531 g/mol. The maximum absolute atomic E-state index is 2.78. The van der Waals surface area contributed by atoms with Crippen LogP contribution in [-0.2, 0) is 23.2 Å². The van der Waals surface area contributed by atoms with Gasteiger partial charge in [-0.3, -0.25) is 0 Å². The Bertz CT molecular complexity index is 706. The first-order chi connectivity index (χ1) is 14.1. The fraction of sp³-hybridized carbons (Fsp3) is 0.692. The van der Waals surface area contributed by atoms with Gasteiger partial charge in [-0.25, -0.2) is 0 Å². The minimum Gasteiger partial charge on any atom is -1.00 e. The summed E-state index contributed by atoms with van der Waals surface area (Å²) in [4.78, 5) is 0. The molecule has 4 rings (SSSR count). The van der Waals surface area contributed by atoms with Crippen LogP contribution in [0, 0.1) is 0 Å². The maximum atomic E-state index is 2.78. The molecule has 2 heterocycles. The number of hydrogen-bond donors (Lipinski definition) is 0. The predicted octanol–water partition coefficient (Wildman–Crippen LogP) is 2.67. The smallest absolute Gasteiger partial charge is 1.00 e. The second kappa shape index (κ2) is 12.0. The van der Waals surface area contributed by atoms with Crippen molar-refractivity contribution in [3.63, 3.8) is 0 Å². The molecule has 2 aliphatic heterocycles. The quantitative estimate of drug-likeness (QED) is 0.353. The van der Waals surface area contributed by atoms with Gasteiger partial charge in [-0.1, -0.05) is 0 Å². The zero-order valence-electron chi connectivity index (χ0n) is 20.3. The second-order valence-electron chi connectivity index (χ2n) is 10.2. The molecule has 2 fully saturated rings. The monoisotopic (exact) mass is 570 g/mol. The molecule has 0 spiro atoms. The summed E-state index contributed by atoms with van der Waals surface area (Å²) in [7, 11) is -2.19. The van der Waals surface area contributed by atoms with Gasteiger partial charge in [-0.05, 0) is 0 Å². The molecule has 0 unspecified atom stereocenters. The summed E-state index contributed by atoms with van der Waals surface area (Å²) in [5, 5.41) is 4.06. The van der Waals surface area contributed by atoms with Gasteiger partial charge in [0.25, 0.3) is 0 Å². The number of rotatable bonds is 10. The van der Waals surface area contributed by atoms with Crippen molar-refractivity contribution >= 4 is 16.1 Å². The minimum atomic E-state index is -1.10. The molecule has 0 bridgehead atoms. The van der Waals surface area contributed by atoms with Crippen molar-refractivity contribution in [1.82, 2.24) is 0 Å². The van der Waals surface area contributed by atoms with Crippen LogP contribution < -0.4 is 24.8 Å². The van der Waals surface area contributed by atoms with E-state index >= 15 is 0 Å². The van der Waals surface area contributed by atoms with E-state index in [1.54, 1.807) is 36.3 Å². The van der Waals surface area contributed by atoms with E-state index in [1.165, 1.54) is 51.4 Å². The summed E-state index contributed by atoms with van der Waals surface area (Å²) in [5.41, 5.74) is 3.77. The van der Waals surface area contributed by atoms with Crippen LogP contribution in [0.5, 0.6) is 0 Å². The normalized spacial score (nSPS) is 23.2. The van der Waals surface area contributed by atoms with Crippen LogP contribution in [0.3, 0.4) is 0 Å². The van der Waals surface area contributed by atoms with Crippen molar-refractivity contribution in [3.8, 4) is 0 Å². The van der Waals surface area contributed by atoms with Crippen LogP contribution in [-0.4, -0.2) is 16.1 Å². The fourth-order valence-electron chi connectivity index (χ4n) is 6.75. The summed E-state index contributed by atoms with van der Waals surface area (Å²) in [6.07, 6.45) is 16.8. The van der Waals surface area contributed by atoms with Crippen LogP contribution in [0.15, 0.2) is 40.3 Å². The van der Waals surface area contributed by atoms with Crippen LogP contribution in [0.25, 0.3) is 0 Å². The first-order valence-electron chi connectivity index (χ1n) is 12.8. The molecule has 0 nitrogen and oxygen atoms in total. The molecule has 0 atom stereocenters. The van der Waals surface area contributed by atoms with Crippen molar-refractivity contribution in [3.05, 3.63) is 40.3 Å². The Balaban J connectivity index is 0.00000171. The van der Waals surface area contributed by atoms with Crippen molar-refractivity contribution in [2.45, 2.75) is 115 Å². The summed E-state index contributed by atoms with van der Waals surface area (Å²) >= 11 is -0.663. The molecule has 0 aromatic carbocycles. The molecule has 0 amide bonds. The second-order valence-corrected chi connectivity index (χ2v) is 22.5. The van der Waals surface area contributed by atoms with Crippen molar-refractivity contribution in [2.24, 2.45) is 0 Å². The van der Waals surface area contributed by atoms with E-state index in [-0.39, 0.29) is 24.8 Å². The summed E-state index contributed by atoms with van der Waals surface area (Å²) < 4.78 is 4.09. The number of allylic oxidation sites excluding steroid dienone is 8. The number of halogens is 2. The molecular formula is C26H42Cl2Si2Zr. The van der Waals surface area contributed by atoms with E-state index in [4.69, 9.17) is 0 Å². The molecule has 0 aromatic heterocycles. The van der Waals surface area contributed by atoms with Crippen LogP contribution in [0.4, 0.5) is 0 Å². The first kappa shape index (κ1) is 28.1. The molecule has 5 heteroatoms. The van der Waals surface area contributed by atoms with Crippen molar-refractivity contribution in [1.29, 1.82) is 0 Å². The molecule has 0 N–H and O–H groups in total. The van der Waals surface area contributed by atoms with Crippen molar-refractivity contribution < 1.29 is 48.0 Å². The van der Waals surface area contributed by atoms with Crippen molar-refractivity contribution in [2.75, 3.05) is 0 Å². The average Bonchev–Trinajstić information content (AvgIpc) is 3.26. The first-order valence-corrected chi connectivity index (χ1v) is 20.5. The van der Waals surface area contributed by atoms with Gasteiger partial charge in [0, 0.05) is 0 Å². The third kappa shape index (κ3) is 5.12. The third-order valence-corrected chi connectivity index (χ3v) is 25.5. The number of hydrogen-bond acceptors (Lipinski definition) is 0. The Kier molecular flexibility index (Phi) is 10.9. The van der Waals surface area contributed by atoms with Gasteiger partial charge < -0.3 is 24.8 Å². The van der Waals surface area contributed by atoms with E-state index in [2.05, 4.69) is 39.8 Å². The van der Waals surface area contributed by atoms with Gasteiger partial charge in [0.1, 0.15) is 0 Å².